The van der Waals surface area contributed by atoms with E-state index in [1.807, 2.05) is 12.1 Å². The first-order valence-corrected chi connectivity index (χ1v) is 8.00. The SMILES string of the molecule is O=C(NCCN1CCc2ccccc21)c1cc(F)cc(Br)c1. The van der Waals surface area contributed by atoms with Crippen molar-refractivity contribution in [1.29, 1.82) is 0 Å². The van der Waals surface area contributed by atoms with Crippen molar-refractivity contribution in [2.24, 2.45) is 0 Å². The predicted octanol–water partition coefficient (Wildman–Crippen LogP) is 3.38. The molecular formula is C17H16BrFN2O. The molecule has 0 aromatic heterocycles. The minimum absolute atomic E-state index is 0.257. The van der Waals surface area contributed by atoms with Crippen LogP contribution in [0.4, 0.5) is 10.1 Å². The third-order valence-corrected chi connectivity index (χ3v) is 4.23. The quantitative estimate of drug-likeness (QED) is 0.903. The first kappa shape index (κ1) is 15.0. The summed E-state index contributed by atoms with van der Waals surface area (Å²) in [5, 5.41) is 2.84. The molecular weight excluding hydrogens is 347 g/mol. The number of rotatable bonds is 4. The molecule has 0 aliphatic carbocycles. The normalized spacial score (nSPS) is 13.1. The number of carbonyl (C=O) groups excluding carboxylic acids is 1. The van der Waals surface area contributed by atoms with Crippen LogP contribution in [-0.4, -0.2) is 25.5 Å². The molecule has 3 rings (SSSR count). The number of amides is 1. The lowest BCUT2D eigenvalue weighted by Gasteiger charge is -2.19. The molecule has 3 nitrogen and oxygen atoms in total. The molecule has 5 heteroatoms. The summed E-state index contributed by atoms with van der Waals surface area (Å²) in [6.07, 6.45) is 1.04. The summed E-state index contributed by atoms with van der Waals surface area (Å²) in [6.45, 7) is 2.25. The summed E-state index contributed by atoms with van der Waals surface area (Å²) in [5.41, 5.74) is 2.92. The lowest BCUT2D eigenvalue weighted by Crippen LogP contribution is -2.34. The highest BCUT2D eigenvalue weighted by atomic mass is 79.9. The number of fused-ring (bicyclic) bond motifs is 1. The van der Waals surface area contributed by atoms with Crippen molar-refractivity contribution < 1.29 is 9.18 Å². The molecule has 1 N–H and O–H groups in total. The van der Waals surface area contributed by atoms with Gasteiger partial charge in [0.15, 0.2) is 0 Å². The summed E-state index contributed by atoms with van der Waals surface area (Å²) in [7, 11) is 0. The molecule has 0 saturated heterocycles. The fourth-order valence-electron chi connectivity index (χ4n) is 2.73. The zero-order chi connectivity index (χ0) is 15.5. The van der Waals surface area contributed by atoms with Gasteiger partial charge in [0.25, 0.3) is 5.91 Å². The van der Waals surface area contributed by atoms with Gasteiger partial charge in [-0.25, -0.2) is 4.39 Å². The second-order valence-electron chi connectivity index (χ2n) is 5.28. The van der Waals surface area contributed by atoms with Crippen LogP contribution < -0.4 is 10.2 Å². The average Bonchev–Trinajstić information content (AvgIpc) is 2.90. The maximum absolute atomic E-state index is 13.3. The summed E-state index contributed by atoms with van der Waals surface area (Å²) >= 11 is 3.19. The molecule has 0 fully saturated rings. The van der Waals surface area contributed by atoms with Crippen molar-refractivity contribution in [3.8, 4) is 0 Å². The van der Waals surface area contributed by atoms with Crippen LogP contribution >= 0.6 is 15.9 Å². The Hall–Kier alpha value is -1.88. The lowest BCUT2D eigenvalue weighted by atomic mass is 10.2. The van der Waals surface area contributed by atoms with Crippen LogP contribution in [0.25, 0.3) is 0 Å². The van der Waals surface area contributed by atoms with Crippen molar-refractivity contribution in [1.82, 2.24) is 5.32 Å². The van der Waals surface area contributed by atoms with Crippen molar-refractivity contribution in [3.63, 3.8) is 0 Å². The van der Waals surface area contributed by atoms with Gasteiger partial charge in [0, 0.05) is 35.4 Å². The molecule has 0 unspecified atom stereocenters. The number of halogens is 2. The number of nitrogens with zero attached hydrogens (tertiary/aromatic N) is 1. The molecule has 1 heterocycles. The van der Waals surface area contributed by atoms with Crippen LogP contribution in [0.2, 0.25) is 0 Å². The number of hydrogen-bond acceptors (Lipinski definition) is 2. The Labute approximate surface area is 137 Å². The van der Waals surface area contributed by atoms with E-state index in [-0.39, 0.29) is 5.91 Å². The third-order valence-electron chi connectivity index (χ3n) is 3.78. The molecule has 1 aliphatic heterocycles. The Morgan fingerprint density at radius 1 is 1.27 bits per heavy atom. The van der Waals surface area contributed by atoms with Crippen molar-refractivity contribution >= 4 is 27.5 Å². The van der Waals surface area contributed by atoms with Crippen LogP contribution in [-0.2, 0) is 6.42 Å². The Bertz CT molecular complexity index is 685. The molecule has 22 heavy (non-hydrogen) atoms. The van der Waals surface area contributed by atoms with E-state index < -0.39 is 5.82 Å². The zero-order valence-electron chi connectivity index (χ0n) is 12.0. The fourth-order valence-corrected chi connectivity index (χ4v) is 3.20. The molecule has 2 aromatic carbocycles. The Morgan fingerprint density at radius 3 is 2.91 bits per heavy atom. The third kappa shape index (κ3) is 3.30. The second kappa shape index (κ2) is 6.48. The van der Waals surface area contributed by atoms with Crippen LogP contribution in [0.3, 0.4) is 0 Å². The molecule has 1 amide bonds. The highest BCUT2D eigenvalue weighted by Crippen LogP contribution is 2.26. The van der Waals surface area contributed by atoms with E-state index >= 15 is 0 Å². The van der Waals surface area contributed by atoms with Gasteiger partial charge < -0.3 is 10.2 Å². The smallest absolute Gasteiger partial charge is 0.251 e. The minimum atomic E-state index is -0.423. The second-order valence-corrected chi connectivity index (χ2v) is 6.20. The van der Waals surface area contributed by atoms with E-state index in [2.05, 4.69) is 38.3 Å². The van der Waals surface area contributed by atoms with Crippen LogP contribution in [0.5, 0.6) is 0 Å². The number of nitrogens with one attached hydrogen (secondary N) is 1. The number of hydrogen-bond donors (Lipinski definition) is 1. The van der Waals surface area contributed by atoms with E-state index in [0.717, 1.165) is 19.5 Å². The topological polar surface area (TPSA) is 32.3 Å². The van der Waals surface area contributed by atoms with Crippen molar-refractivity contribution in [2.75, 3.05) is 24.5 Å². The van der Waals surface area contributed by atoms with Crippen molar-refractivity contribution in [2.45, 2.75) is 6.42 Å². The zero-order valence-corrected chi connectivity index (χ0v) is 13.6. The van der Waals surface area contributed by atoms with E-state index in [9.17, 15) is 9.18 Å². The van der Waals surface area contributed by atoms with E-state index in [1.165, 1.54) is 23.4 Å². The van der Waals surface area contributed by atoms with Gasteiger partial charge in [-0.2, -0.15) is 0 Å². The maximum atomic E-state index is 13.3. The number of anilines is 1. The summed E-state index contributed by atoms with van der Waals surface area (Å²) < 4.78 is 13.9. The van der Waals surface area contributed by atoms with Crippen molar-refractivity contribution in [3.05, 3.63) is 63.9 Å². The number of carbonyl (C=O) groups is 1. The Balaban J connectivity index is 1.56. The minimum Gasteiger partial charge on any atom is -0.369 e. The first-order chi connectivity index (χ1) is 10.6. The van der Waals surface area contributed by atoms with Gasteiger partial charge in [0.1, 0.15) is 5.82 Å². The van der Waals surface area contributed by atoms with Gasteiger partial charge >= 0.3 is 0 Å². The lowest BCUT2D eigenvalue weighted by molar-refractivity contribution is 0.0954. The predicted molar refractivity (Wildman–Crippen MR) is 88.8 cm³/mol. The number of benzene rings is 2. The van der Waals surface area contributed by atoms with Gasteiger partial charge in [-0.15, -0.1) is 0 Å². The fraction of sp³-hybridized carbons (Fsp3) is 0.235. The van der Waals surface area contributed by atoms with E-state index in [0.29, 0.717) is 16.6 Å². The van der Waals surface area contributed by atoms with Crippen LogP contribution in [0.15, 0.2) is 46.9 Å². The summed E-state index contributed by atoms with van der Waals surface area (Å²) in [5.74, 6) is -0.680. The molecule has 0 radical (unpaired) electrons. The molecule has 0 saturated carbocycles. The number of para-hydroxylation sites is 1. The molecule has 2 aromatic rings. The standard InChI is InChI=1S/C17H16BrFN2O/c18-14-9-13(10-15(19)11-14)17(22)20-6-8-21-7-5-12-3-1-2-4-16(12)21/h1-4,9-11H,5-8H2,(H,20,22). The Kier molecular flexibility index (Phi) is 4.43. The molecule has 114 valence electrons. The summed E-state index contributed by atoms with van der Waals surface area (Å²) in [6, 6.07) is 12.5. The van der Waals surface area contributed by atoms with Gasteiger partial charge in [-0.1, -0.05) is 34.1 Å². The molecule has 0 bridgehead atoms. The largest absolute Gasteiger partial charge is 0.369 e. The molecule has 1 aliphatic rings. The Morgan fingerprint density at radius 2 is 2.09 bits per heavy atom. The highest BCUT2D eigenvalue weighted by Gasteiger charge is 2.17. The molecule has 0 spiro atoms. The highest BCUT2D eigenvalue weighted by molar-refractivity contribution is 9.10. The van der Waals surface area contributed by atoms with Gasteiger partial charge in [-0.3, -0.25) is 4.79 Å². The van der Waals surface area contributed by atoms with Crippen LogP contribution in [0, 0.1) is 5.82 Å². The maximum Gasteiger partial charge on any atom is 0.251 e. The van der Waals surface area contributed by atoms with E-state index in [4.69, 9.17) is 0 Å². The molecule has 0 atom stereocenters. The van der Waals surface area contributed by atoms with Gasteiger partial charge in [0.05, 0.1) is 0 Å². The van der Waals surface area contributed by atoms with E-state index in [1.54, 1.807) is 6.07 Å². The van der Waals surface area contributed by atoms with Gasteiger partial charge in [-0.05, 0) is 36.2 Å². The van der Waals surface area contributed by atoms with Gasteiger partial charge in [0.2, 0.25) is 0 Å². The average molecular weight is 363 g/mol. The monoisotopic (exact) mass is 362 g/mol. The van der Waals surface area contributed by atoms with Crippen LogP contribution in [0.1, 0.15) is 15.9 Å². The summed E-state index contributed by atoms with van der Waals surface area (Å²) in [4.78, 5) is 14.3. The first-order valence-electron chi connectivity index (χ1n) is 7.20.